The fourth-order valence-electron chi connectivity index (χ4n) is 2.34. The van der Waals surface area contributed by atoms with Crippen molar-refractivity contribution in [3.05, 3.63) is 66.2 Å². The summed E-state index contributed by atoms with van der Waals surface area (Å²) < 4.78 is 0. The van der Waals surface area contributed by atoms with Crippen molar-refractivity contribution in [1.29, 1.82) is 5.26 Å². The van der Waals surface area contributed by atoms with Gasteiger partial charge in [0, 0.05) is 5.56 Å². The SMILES string of the molecule is N#CC(Nc1c(N)nc(-c2ccccc2)nc1N)c1ccccc1. The molecule has 6 heteroatoms. The number of hydrogen-bond acceptors (Lipinski definition) is 6. The zero-order valence-corrected chi connectivity index (χ0v) is 12.8. The van der Waals surface area contributed by atoms with Gasteiger partial charge in [-0.05, 0) is 5.56 Å². The number of aromatic nitrogens is 2. The van der Waals surface area contributed by atoms with Gasteiger partial charge in [-0.3, -0.25) is 0 Å². The zero-order chi connectivity index (χ0) is 16.9. The molecule has 3 aromatic rings. The van der Waals surface area contributed by atoms with Crippen LogP contribution in [0, 0.1) is 11.3 Å². The van der Waals surface area contributed by atoms with Gasteiger partial charge >= 0.3 is 0 Å². The molecule has 1 aromatic heterocycles. The molecule has 0 aliphatic rings. The average Bonchev–Trinajstić information content (AvgIpc) is 2.62. The maximum absolute atomic E-state index is 9.42. The van der Waals surface area contributed by atoms with Crippen LogP contribution in [0.1, 0.15) is 11.6 Å². The second-order valence-corrected chi connectivity index (χ2v) is 5.18. The Morgan fingerprint density at radius 2 is 1.42 bits per heavy atom. The molecule has 2 aromatic carbocycles. The van der Waals surface area contributed by atoms with Gasteiger partial charge in [0.1, 0.15) is 11.7 Å². The van der Waals surface area contributed by atoms with E-state index in [1.54, 1.807) is 0 Å². The number of nitrogens with zero attached hydrogens (tertiary/aromatic N) is 3. The monoisotopic (exact) mass is 316 g/mol. The maximum Gasteiger partial charge on any atom is 0.164 e. The molecule has 118 valence electrons. The van der Waals surface area contributed by atoms with Crippen molar-refractivity contribution in [2.24, 2.45) is 0 Å². The van der Waals surface area contributed by atoms with Crippen LogP contribution in [0.5, 0.6) is 0 Å². The molecular weight excluding hydrogens is 300 g/mol. The highest BCUT2D eigenvalue weighted by molar-refractivity contribution is 5.77. The normalized spacial score (nSPS) is 11.5. The molecule has 0 aliphatic carbocycles. The number of rotatable bonds is 4. The van der Waals surface area contributed by atoms with E-state index in [0.29, 0.717) is 11.5 Å². The molecule has 1 atom stereocenters. The third-order valence-electron chi connectivity index (χ3n) is 3.55. The lowest BCUT2D eigenvalue weighted by molar-refractivity contribution is 0.991. The first-order valence-electron chi connectivity index (χ1n) is 7.38. The van der Waals surface area contributed by atoms with Crippen LogP contribution in [-0.4, -0.2) is 9.97 Å². The smallest absolute Gasteiger partial charge is 0.164 e. The molecule has 0 spiro atoms. The molecular formula is C18H16N6. The predicted octanol–water partition coefficient (Wildman–Crippen LogP) is 2.98. The van der Waals surface area contributed by atoms with E-state index < -0.39 is 6.04 Å². The second kappa shape index (κ2) is 6.67. The Morgan fingerprint density at radius 3 is 1.96 bits per heavy atom. The van der Waals surface area contributed by atoms with Crippen LogP contribution in [0.4, 0.5) is 17.3 Å². The number of nitrogens with two attached hydrogens (primary N) is 2. The van der Waals surface area contributed by atoms with Crippen LogP contribution in [0.25, 0.3) is 11.4 Å². The van der Waals surface area contributed by atoms with Gasteiger partial charge < -0.3 is 16.8 Å². The molecule has 0 aliphatic heterocycles. The first-order chi connectivity index (χ1) is 11.7. The van der Waals surface area contributed by atoms with Crippen molar-refractivity contribution in [1.82, 2.24) is 9.97 Å². The summed E-state index contributed by atoms with van der Waals surface area (Å²) in [7, 11) is 0. The molecule has 5 N–H and O–H groups in total. The summed E-state index contributed by atoms with van der Waals surface area (Å²) in [6.07, 6.45) is 0. The summed E-state index contributed by atoms with van der Waals surface area (Å²) in [5, 5.41) is 12.4. The minimum absolute atomic E-state index is 0.206. The third-order valence-corrected chi connectivity index (χ3v) is 3.55. The van der Waals surface area contributed by atoms with E-state index in [4.69, 9.17) is 11.5 Å². The van der Waals surface area contributed by atoms with Gasteiger partial charge in [0.2, 0.25) is 0 Å². The molecule has 1 unspecified atom stereocenters. The Kier molecular flexibility index (Phi) is 4.25. The molecule has 0 radical (unpaired) electrons. The summed E-state index contributed by atoms with van der Waals surface area (Å²) >= 11 is 0. The first kappa shape index (κ1) is 15.3. The van der Waals surface area contributed by atoms with E-state index in [0.717, 1.165) is 11.1 Å². The third kappa shape index (κ3) is 3.10. The standard InChI is InChI=1S/C18H16N6/c19-11-14(12-7-3-1-4-8-12)22-15-16(20)23-18(24-17(15)21)13-9-5-2-6-10-13/h1-10,14,22H,(H4,20,21,23,24). The fourth-order valence-corrected chi connectivity index (χ4v) is 2.34. The minimum Gasteiger partial charge on any atom is -0.382 e. The van der Waals surface area contributed by atoms with Crippen molar-refractivity contribution in [2.45, 2.75) is 6.04 Å². The topological polar surface area (TPSA) is 114 Å². The lowest BCUT2D eigenvalue weighted by Gasteiger charge is -2.16. The fraction of sp³-hybridized carbons (Fsp3) is 0.0556. The highest BCUT2D eigenvalue weighted by Crippen LogP contribution is 2.29. The van der Waals surface area contributed by atoms with Crippen molar-refractivity contribution < 1.29 is 0 Å². The highest BCUT2D eigenvalue weighted by Gasteiger charge is 2.16. The molecule has 0 bridgehead atoms. The van der Waals surface area contributed by atoms with Crippen LogP contribution in [0.2, 0.25) is 0 Å². The van der Waals surface area contributed by atoms with Crippen LogP contribution < -0.4 is 16.8 Å². The lowest BCUT2D eigenvalue weighted by Crippen LogP contribution is -2.14. The van der Waals surface area contributed by atoms with E-state index in [9.17, 15) is 5.26 Å². The van der Waals surface area contributed by atoms with Crippen molar-refractivity contribution in [3.8, 4) is 17.5 Å². The number of nitrogen functional groups attached to an aromatic ring is 2. The Balaban J connectivity index is 1.93. The molecule has 3 rings (SSSR count). The summed E-state index contributed by atoms with van der Waals surface area (Å²) in [6.45, 7) is 0. The molecule has 0 fully saturated rings. The van der Waals surface area contributed by atoms with Crippen LogP contribution in [0.3, 0.4) is 0 Å². The summed E-state index contributed by atoms with van der Waals surface area (Å²) in [4.78, 5) is 8.60. The van der Waals surface area contributed by atoms with E-state index in [1.165, 1.54) is 0 Å². The molecule has 24 heavy (non-hydrogen) atoms. The number of hydrogen-bond donors (Lipinski definition) is 3. The molecule has 0 saturated carbocycles. The Bertz CT molecular complexity index is 848. The van der Waals surface area contributed by atoms with Gasteiger partial charge in [-0.1, -0.05) is 60.7 Å². The summed E-state index contributed by atoms with van der Waals surface area (Å²) in [5.74, 6) is 0.861. The van der Waals surface area contributed by atoms with Gasteiger partial charge in [-0.15, -0.1) is 0 Å². The van der Waals surface area contributed by atoms with Crippen LogP contribution in [0.15, 0.2) is 60.7 Å². The lowest BCUT2D eigenvalue weighted by atomic mass is 10.1. The van der Waals surface area contributed by atoms with E-state index in [1.807, 2.05) is 60.7 Å². The first-order valence-corrected chi connectivity index (χ1v) is 7.38. The summed E-state index contributed by atoms with van der Waals surface area (Å²) in [5.41, 5.74) is 14.1. The van der Waals surface area contributed by atoms with Gasteiger partial charge in [-0.2, -0.15) is 5.26 Å². The zero-order valence-electron chi connectivity index (χ0n) is 12.8. The quantitative estimate of drug-likeness (QED) is 0.682. The largest absolute Gasteiger partial charge is 0.382 e. The number of benzene rings is 2. The molecule has 1 heterocycles. The molecule has 0 saturated heterocycles. The van der Waals surface area contributed by atoms with Crippen LogP contribution in [-0.2, 0) is 0 Å². The molecule has 6 nitrogen and oxygen atoms in total. The van der Waals surface area contributed by atoms with Gasteiger partial charge in [0.05, 0.1) is 6.07 Å². The van der Waals surface area contributed by atoms with E-state index >= 15 is 0 Å². The maximum atomic E-state index is 9.42. The van der Waals surface area contributed by atoms with Crippen molar-refractivity contribution in [2.75, 3.05) is 16.8 Å². The van der Waals surface area contributed by atoms with Gasteiger partial charge in [0.15, 0.2) is 17.5 Å². The number of nitrogens with one attached hydrogen (secondary N) is 1. The van der Waals surface area contributed by atoms with Gasteiger partial charge in [-0.25, -0.2) is 9.97 Å². The number of anilines is 3. The number of nitriles is 1. The van der Waals surface area contributed by atoms with E-state index in [-0.39, 0.29) is 11.6 Å². The predicted molar refractivity (Wildman–Crippen MR) is 94.7 cm³/mol. The average molecular weight is 316 g/mol. The Hall–Kier alpha value is -3.59. The highest BCUT2D eigenvalue weighted by atomic mass is 15.1. The summed E-state index contributed by atoms with van der Waals surface area (Å²) in [6, 6.07) is 20.4. The minimum atomic E-state index is -0.595. The molecule has 0 amide bonds. The Morgan fingerprint density at radius 1 is 0.875 bits per heavy atom. The van der Waals surface area contributed by atoms with Crippen molar-refractivity contribution in [3.63, 3.8) is 0 Å². The van der Waals surface area contributed by atoms with Gasteiger partial charge in [0.25, 0.3) is 0 Å². The Labute approximate surface area is 139 Å². The van der Waals surface area contributed by atoms with E-state index in [2.05, 4.69) is 21.4 Å². The second-order valence-electron chi connectivity index (χ2n) is 5.18. The van der Waals surface area contributed by atoms with Crippen LogP contribution >= 0.6 is 0 Å². The van der Waals surface area contributed by atoms with Crippen molar-refractivity contribution >= 4 is 17.3 Å².